The van der Waals surface area contributed by atoms with Gasteiger partial charge in [0.05, 0.1) is 5.41 Å². The average Bonchev–Trinajstić information content (AvgIpc) is 2.62. The Labute approximate surface area is 139 Å². The highest BCUT2D eigenvalue weighted by Gasteiger charge is 2.39. The molecular formula is C20H28N2O. The van der Waals surface area contributed by atoms with Gasteiger partial charge in [-0.1, -0.05) is 47.6 Å². The van der Waals surface area contributed by atoms with Crippen LogP contribution in [0.3, 0.4) is 0 Å². The number of carbonyl (C=O) groups excluding carboxylic acids is 1. The number of allylic oxidation sites excluding steroid dienone is 7. The van der Waals surface area contributed by atoms with Crippen molar-refractivity contribution in [2.75, 3.05) is 19.6 Å². The van der Waals surface area contributed by atoms with Crippen molar-refractivity contribution in [3.05, 3.63) is 47.6 Å². The zero-order valence-corrected chi connectivity index (χ0v) is 13.9. The molecule has 1 heterocycles. The number of rotatable bonds is 5. The van der Waals surface area contributed by atoms with Gasteiger partial charge in [0.1, 0.15) is 0 Å². The average molecular weight is 312 g/mol. The van der Waals surface area contributed by atoms with Crippen molar-refractivity contribution >= 4 is 5.91 Å². The number of carbonyl (C=O) groups is 1. The second-order valence-corrected chi connectivity index (χ2v) is 6.94. The van der Waals surface area contributed by atoms with E-state index < -0.39 is 0 Å². The Balaban J connectivity index is 1.66. The Bertz CT molecular complexity index is 548. The van der Waals surface area contributed by atoms with Crippen LogP contribution in [0.5, 0.6) is 0 Å². The monoisotopic (exact) mass is 312 g/mol. The molecule has 1 fully saturated rings. The third kappa shape index (κ3) is 4.23. The Hall–Kier alpha value is -1.61. The lowest BCUT2D eigenvalue weighted by Crippen LogP contribution is -2.48. The molecule has 3 nitrogen and oxygen atoms in total. The SMILES string of the molecule is O=C(NCC1=CC=CCC1)C1(CC2=CCCC=C2)CCNCC1. The van der Waals surface area contributed by atoms with E-state index in [4.69, 9.17) is 0 Å². The Morgan fingerprint density at radius 2 is 2.04 bits per heavy atom. The number of hydrogen-bond acceptors (Lipinski definition) is 2. The van der Waals surface area contributed by atoms with Crippen molar-refractivity contribution in [3.8, 4) is 0 Å². The van der Waals surface area contributed by atoms with Gasteiger partial charge in [-0.05, 0) is 58.0 Å². The van der Waals surface area contributed by atoms with E-state index in [1.807, 2.05) is 0 Å². The number of amides is 1. The Kier molecular flexibility index (Phi) is 5.50. The van der Waals surface area contributed by atoms with Gasteiger partial charge in [0.25, 0.3) is 0 Å². The first-order valence-electron chi connectivity index (χ1n) is 8.98. The predicted octanol–water partition coefficient (Wildman–Crippen LogP) is 3.42. The van der Waals surface area contributed by atoms with Crippen molar-refractivity contribution in [3.63, 3.8) is 0 Å². The lowest BCUT2D eigenvalue weighted by atomic mass is 9.72. The standard InChI is InChI=1S/C20H28N2O/c23-19(22-16-18-9-5-2-6-10-18)20(11-13-21-14-12-20)15-17-7-3-1-4-8-17/h2-3,5,7-9,21H,1,4,6,10-16H2,(H,22,23). The summed E-state index contributed by atoms with van der Waals surface area (Å²) in [7, 11) is 0. The predicted molar refractivity (Wildman–Crippen MR) is 95.1 cm³/mol. The Morgan fingerprint density at radius 1 is 1.17 bits per heavy atom. The summed E-state index contributed by atoms with van der Waals surface area (Å²) in [6, 6.07) is 0. The van der Waals surface area contributed by atoms with Gasteiger partial charge in [-0.3, -0.25) is 4.79 Å². The largest absolute Gasteiger partial charge is 0.352 e. The maximum atomic E-state index is 13.0. The summed E-state index contributed by atoms with van der Waals surface area (Å²) < 4.78 is 0. The molecule has 0 aromatic rings. The summed E-state index contributed by atoms with van der Waals surface area (Å²) in [4.78, 5) is 13.0. The van der Waals surface area contributed by atoms with E-state index >= 15 is 0 Å². The lowest BCUT2D eigenvalue weighted by Gasteiger charge is -2.37. The van der Waals surface area contributed by atoms with Crippen LogP contribution in [0.25, 0.3) is 0 Å². The van der Waals surface area contributed by atoms with Gasteiger partial charge in [0.2, 0.25) is 5.91 Å². The van der Waals surface area contributed by atoms with E-state index in [0.29, 0.717) is 6.54 Å². The third-order valence-corrected chi connectivity index (χ3v) is 5.23. The van der Waals surface area contributed by atoms with Gasteiger partial charge >= 0.3 is 0 Å². The number of piperidine rings is 1. The van der Waals surface area contributed by atoms with E-state index in [-0.39, 0.29) is 11.3 Å². The third-order valence-electron chi connectivity index (χ3n) is 5.23. The minimum absolute atomic E-state index is 0.232. The van der Waals surface area contributed by atoms with Crippen molar-refractivity contribution in [1.82, 2.24) is 10.6 Å². The molecule has 0 radical (unpaired) electrons. The van der Waals surface area contributed by atoms with Gasteiger partial charge < -0.3 is 10.6 Å². The zero-order valence-electron chi connectivity index (χ0n) is 13.9. The minimum Gasteiger partial charge on any atom is -0.352 e. The summed E-state index contributed by atoms with van der Waals surface area (Å²) in [6.45, 7) is 2.58. The van der Waals surface area contributed by atoms with Crippen LogP contribution in [0, 0.1) is 5.41 Å². The Morgan fingerprint density at radius 3 is 2.74 bits per heavy atom. The second-order valence-electron chi connectivity index (χ2n) is 6.94. The summed E-state index contributed by atoms with van der Waals surface area (Å²) >= 11 is 0. The smallest absolute Gasteiger partial charge is 0.226 e. The number of nitrogens with one attached hydrogen (secondary N) is 2. The number of hydrogen-bond donors (Lipinski definition) is 2. The van der Waals surface area contributed by atoms with E-state index in [9.17, 15) is 4.79 Å². The first kappa shape index (κ1) is 16.3. The fraction of sp³-hybridized carbons (Fsp3) is 0.550. The first-order valence-corrected chi connectivity index (χ1v) is 8.98. The molecule has 0 spiro atoms. The van der Waals surface area contributed by atoms with Crippen LogP contribution in [-0.4, -0.2) is 25.5 Å². The van der Waals surface area contributed by atoms with Crippen LogP contribution >= 0.6 is 0 Å². The van der Waals surface area contributed by atoms with Crippen LogP contribution in [0.1, 0.15) is 44.9 Å². The molecule has 2 N–H and O–H groups in total. The molecule has 0 atom stereocenters. The van der Waals surface area contributed by atoms with Gasteiger partial charge in [0, 0.05) is 6.54 Å². The van der Waals surface area contributed by atoms with Gasteiger partial charge in [-0.2, -0.15) is 0 Å². The summed E-state index contributed by atoms with van der Waals surface area (Å²) in [6.07, 6.45) is 20.3. The molecule has 23 heavy (non-hydrogen) atoms. The molecular weight excluding hydrogens is 284 g/mol. The fourth-order valence-corrected chi connectivity index (χ4v) is 3.76. The highest BCUT2D eigenvalue weighted by molar-refractivity contribution is 5.83. The van der Waals surface area contributed by atoms with Crippen LogP contribution in [-0.2, 0) is 4.79 Å². The van der Waals surface area contributed by atoms with Crippen LogP contribution < -0.4 is 10.6 Å². The van der Waals surface area contributed by atoms with E-state index in [2.05, 4.69) is 47.1 Å². The zero-order chi connectivity index (χ0) is 16.0. The van der Waals surface area contributed by atoms with Crippen molar-refractivity contribution < 1.29 is 4.79 Å². The van der Waals surface area contributed by atoms with Crippen molar-refractivity contribution in [2.24, 2.45) is 5.41 Å². The fourth-order valence-electron chi connectivity index (χ4n) is 3.76. The minimum atomic E-state index is -0.232. The second kappa shape index (κ2) is 7.78. The van der Waals surface area contributed by atoms with Crippen molar-refractivity contribution in [1.29, 1.82) is 0 Å². The molecule has 3 rings (SSSR count). The topological polar surface area (TPSA) is 41.1 Å². The molecule has 3 heteroatoms. The summed E-state index contributed by atoms with van der Waals surface area (Å²) in [5.74, 6) is 0.245. The molecule has 0 unspecified atom stereocenters. The first-order chi connectivity index (χ1) is 11.3. The molecule has 0 bridgehead atoms. The van der Waals surface area contributed by atoms with Crippen LogP contribution in [0.15, 0.2) is 47.6 Å². The molecule has 0 aromatic heterocycles. The molecule has 1 aliphatic heterocycles. The molecule has 124 valence electrons. The normalized spacial score (nSPS) is 23.1. The van der Waals surface area contributed by atoms with Crippen LogP contribution in [0.4, 0.5) is 0 Å². The van der Waals surface area contributed by atoms with E-state index in [1.165, 1.54) is 11.1 Å². The maximum absolute atomic E-state index is 13.0. The molecule has 2 aliphatic carbocycles. The van der Waals surface area contributed by atoms with Crippen LogP contribution in [0.2, 0.25) is 0 Å². The molecule has 1 saturated heterocycles. The van der Waals surface area contributed by atoms with Crippen molar-refractivity contribution in [2.45, 2.75) is 44.9 Å². The summed E-state index contributed by atoms with van der Waals surface area (Å²) in [5.41, 5.74) is 2.44. The van der Waals surface area contributed by atoms with E-state index in [0.717, 1.165) is 58.0 Å². The molecule has 0 aromatic carbocycles. The lowest BCUT2D eigenvalue weighted by molar-refractivity contribution is -0.132. The molecule has 3 aliphatic rings. The molecule has 0 saturated carbocycles. The van der Waals surface area contributed by atoms with Gasteiger partial charge in [-0.25, -0.2) is 0 Å². The van der Waals surface area contributed by atoms with Gasteiger partial charge in [0.15, 0.2) is 0 Å². The quantitative estimate of drug-likeness (QED) is 0.817. The highest BCUT2D eigenvalue weighted by atomic mass is 16.2. The maximum Gasteiger partial charge on any atom is 0.226 e. The van der Waals surface area contributed by atoms with E-state index in [1.54, 1.807) is 0 Å². The van der Waals surface area contributed by atoms with Gasteiger partial charge in [-0.15, -0.1) is 0 Å². The summed E-state index contributed by atoms with van der Waals surface area (Å²) in [5, 5.41) is 6.63. The highest BCUT2D eigenvalue weighted by Crippen LogP contribution is 2.37. The molecule has 1 amide bonds.